The minimum atomic E-state index is -1.25. The van der Waals surface area contributed by atoms with E-state index in [2.05, 4.69) is 19.2 Å². The zero-order valence-corrected chi connectivity index (χ0v) is 29.4. The molecule has 0 unspecified atom stereocenters. The van der Waals surface area contributed by atoms with E-state index < -0.39 is 36.9 Å². The smallest absolute Gasteiger partial charge is 0.249 e. The third-order valence-corrected chi connectivity index (χ3v) is 9.32. The molecule has 6 heteroatoms. The van der Waals surface area contributed by atoms with Gasteiger partial charge in [-0.3, -0.25) is 4.79 Å². The van der Waals surface area contributed by atoms with Crippen molar-refractivity contribution in [1.29, 1.82) is 0 Å². The number of unbranched alkanes of at least 4 members (excludes halogenated alkanes) is 26. The molecular formula is C38H77NO5. The van der Waals surface area contributed by atoms with E-state index in [0.717, 1.165) is 38.5 Å². The summed E-state index contributed by atoms with van der Waals surface area (Å²) in [5.74, 6) is -0.582. The number of aliphatic hydroxyl groups is 4. The molecule has 0 saturated heterocycles. The van der Waals surface area contributed by atoms with Crippen LogP contribution in [-0.4, -0.2) is 57.3 Å². The van der Waals surface area contributed by atoms with Gasteiger partial charge in [-0.1, -0.05) is 194 Å². The summed E-state index contributed by atoms with van der Waals surface area (Å²) in [5, 5.41) is 43.4. The molecule has 0 saturated carbocycles. The first-order valence-corrected chi connectivity index (χ1v) is 19.4. The topological polar surface area (TPSA) is 110 Å². The first kappa shape index (κ1) is 43.3. The molecule has 0 aliphatic carbocycles. The molecule has 0 rings (SSSR count). The molecule has 4 atom stereocenters. The van der Waals surface area contributed by atoms with Gasteiger partial charge in [0.15, 0.2) is 0 Å². The SMILES string of the molecule is CCCCCCCCCCCCCCCCCCCC[C@@H](O)C(=O)N[C@@H](CO)[C@H](O)[C@H](O)CCCCCCCCCCCC. The summed E-state index contributed by atoms with van der Waals surface area (Å²) >= 11 is 0. The zero-order chi connectivity index (χ0) is 32.5. The monoisotopic (exact) mass is 628 g/mol. The Morgan fingerprint density at radius 3 is 1.09 bits per heavy atom. The first-order valence-electron chi connectivity index (χ1n) is 19.4. The molecule has 1 amide bonds. The van der Waals surface area contributed by atoms with E-state index >= 15 is 0 Å². The van der Waals surface area contributed by atoms with Crippen LogP contribution in [0, 0.1) is 0 Å². The lowest BCUT2D eigenvalue weighted by atomic mass is 9.99. The average Bonchev–Trinajstić information content (AvgIpc) is 3.03. The largest absolute Gasteiger partial charge is 0.394 e. The lowest BCUT2D eigenvalue weighted by Gasteiger charge is -2.27. The minimum absolute atomic E-state index is 0.375. The second-order valence-corrected chi connectivity index (χ2v) is 13.6. The fraction of sp³-hybridized carbons (Fsp3) is 0.974. The van der Waals surface area contributed by atoms with Gasteiger partial charge in [0.05, 0.1) is 18.8 Å². The molecule has 264 valence electrons. The molecule has 44 heavy (non-hydrogen) atoms. The number of carbonyl (C=O) groups is 1. The molecule has 0 aliphatic heterocycles. The van der Waals surface area contributed by atoms with E-state index in [1.165, 1.54) is 141 Å². The molecule has 0 radical (unpaired) electrons. The van der Waals surface area contributed by atoms with Crippen molar-refractivity contribution in [3.63, 3.8) is 0 Å². The lowest BCUT2D eigenvalue weighted by molar-refractivity contribution is -0.132. The van der Waals surface area contributed by atoms with E-state index in [0.29, 0.717) is 12.8 Å². The van der Waals surface area contributed by atoms with Gasteiger partial charge in [-0.2, -0.15) is 0 Å². The number of carbonyl (C=O) groups excluding carboxylic acids is 1. The molecular weight excluding hydrogens is 550 g/mol. The number of aliphatic hydroxyl groups excluding tert-OH is 4. The highest BCUT2D eigenvalue weighted by molar-refractivity contribution is 5.80. The van der Waals surface area contributed by atoms with Crippen molar-refractivity contribution in [3.05, 3.63) is 0 Å². The van der Waals surface area contributed by atoms with Crippen molar-refractivity contribution in [3.8, 4) is 0 Å². The molecule has 0 aliphatic rings. The van der Waals surface area contributed by atoms with Gasteiger partial charge in [-0.05, 0) is 12.8 Å². The Kier molecular flexibility index (Phi) is 33.1. The molecule has 0 spiro atoms. The van der Waals surface area contributed by atoms with Crippen LogP contribution in [0.5, 0.6) is 0 Å². The summed E-state index contributed by atoms with van der Waals surface area (Å²) in [6, 6.07) is -0.976. The van der Waals surface area contributed by atoms with Gasteiger partial charge < -0.3 is 25.7 Å². The van der Waals surface area contributed by atoms with E-state index in [1.54, 1.807) is 0 Å². The highest BCUT2D eigenvalue weighted by atomic mass is 16.3. The quantitative estimate of drug-likeness (QED) is 0.0450. The maximum Gasteiger partial charge on any atom is 0.249 e. The standard InChI is InChI=1S/C38H77NO5/c1-3-5-7-9-11-13-15-16-17-18-19-20-21-22-24-26-28-30-32-36(42)38(44)39-34(33-40)37(43)35(41)31-29-27-25-23-14-12-10-8-6-4-2/h34-37,40-43H,3-33H2,1-2H3,(H,39,44)/t34-,35+,36+,37-/m0/s1. The zero-order valence-electron chi connectivity index (χ0n) is 29.4. The van der Waals surface area contributed by atoms with Gasteiger partial charge in [0.2, 0.25) is 5.91 Å². The fourth-order valence-corrected chi connectivity index (χ4v) is 6.17. The van der Waals surface area contributed by atoms with Gasteiger partial charge in [-0.25, -0.2) is 0 Å². The van der Waals surface area contributed by atoms with E-state index in [-0.39, 0.29) is 0 Å². The van der Waals surface area contributed by atoms with E-state index in [4.69, 9.17) is 0 Å². The van der Waals surface area contributed by atoms with Gasteiger partial charge in [-0.15, -0.1) is 0 Å². The van der Waals surface area contributed by atoms with Crippen molar-refractivity contribution in [1.82, 2.24) is 5.32 Å². The van der Waals surface area contributed by atoms with Gasteiger partial charge >= 0.3 is 0 Å². The van der Waals surface area contributed by atoms with Crippen molar-refractivity contribution in [2.45, 2.75) is 231 Å². The van der Waals surface area contributed by atoms with Crippen molar-refractivity contribution in [2.24, 2.45) is 0 Å². The highest BCUT2D eigenvalue weighted by Gasteiger charge is 2.28. The van der Waals surface area contributed by atoms with E-state index in [1.807, 2.05) is 0 Å². The van der Waals surface area contributed by atoms with Crippen molar-refractivity contribution < 1.29 is 25.2 Å². The Morgan fingerprint density at radius 2 is 0.773 bits per heavy atom. The normalized spacial score (nSPS) is 14.4. The predicted molar refractivity (Wildman–Crippen MR) is 187 cm³/mol. The summed E-state index contributed by atoms with van der Waals surface area (Å²) < 4.78 is 0. The average molecular weight is 628 g/mol. The van der Waals surface area contributed by atoms with Crippen LogP contribution in [0.1, 0.15) is 206 Å². The lowest BCUT2D eigenvalue weighted by Crippen LogP contribution is -2.53. The van der Waals surface area contributed by atoms with Gasteiger partial charge in [0, 0.05) is 0 Å². The first-order chi connectivity index (χ1) is 21.5. The van der Waals surface area contributed by atoms with Crippen LogP contribution in [0.3, 0.4) is 0 Å². The fourth-order valence-electron chi connectivity index (χ4n) is 6.17. The van der Waals surface area contributed by atoms with Crippen LogP contribution in [0.4, 0.5) is 0 Å². The Balaban J connectivity index is 3.72. The third-order valence-electron chi connectivity index (χ3n) is 9.32. The maximum absolute atomic E-state index is 12.4. The molecule has 0 bridgehead atoms. The number of amides is 1. The molecule has 0 aromatic rings. The van der Waals surface area contributed by atoms with Crippen LogP contribution in [0.25, 0.3) is 0 Å². The number of nitrogens with one attached hydrogen (secondary N) is 1. The van der Waals surface area contributed by atoms with Crippen LogP contribution in [0.2, 0.25) is 0 Å². The van der Waals surface area contributed by atoms with Crippen LogP contribution < -0.4 is 5.32 Å². The molecule has 0 fully saturated rings. The molecule has 6 nitrogen and oxygen atoms in total. The Morgan fingerprint density at radius 1 is 0.477 bits per heavy atom. The van der Waals surface area contributed by atoms with Crippen molar-refractivity contribution >= 4 is 5.91 Å². The summed E-state index contributed by atoms with van der Waals surface area (Å²) in [5.41, 5.74) is 0. The number of hydrogen-bond donors (Lipinski definition) is 5. The predicted octanol–water partition coefficient (Wildman–Crippen LogP) is 9.29. The third kappa shape index (κ3) is 27.6. The summed E-state index contributed by atoms with van der Waals surface area (Å²) in [4.78, 5) is 12.4. The Hall–Kier alpha value is -0.690. The summed E-state index contributed by atoms with van der Waals surface area (Å²) in [6.45, 7) is 4.03. The maximum atomic E-state index is 12.4. The van der Waals surface area contributed by atoms with Gasteiger partial charge in [0.25, 0.3) is 0 Å². The van der Waals surface area contributed by atoms with E-state index in [9.17, 15) is 25.2 Å². The summed E-state index contributed by atoms with van der Waals surface area (Å²) in [7, 11) is 0. The molecule has 0 heterocycles. The Labute approximate surface area is 273 Å². The van der Waals surface area contributed by atoms with Crippen molar-refractivity contribution in [2.75, 3.05) is 6.61 Å². The molecule has 0 aromatic carbocycles. The molecule has 5 N–H and O–H groups in total. The number of hydrogen-bond acceptors (Lipinski definition) is 5. The second kappa shape index (κ2) is 33.7. The highest BCUT2D eigenvalue weighted by Crippen LogP contribution is 2.16. The van der Waals surface area contributed by atoms with Crippen LogP contribution >= 0.6 is 0 Å². The number of rotatable bonds is 35. The Bertz CT molecular complexity index is 590. The van der Waals surface area contributed by atoms with Crippen LogP contribution in [-0.2, 0) is 4.79 Å². The molecule has 0 aromatic heterocycles. The summed E-state index contributed by atoms with van der Waals surface area (Å²) in [6.07, 6.45) is 32.7. The van der Waals surface area contributed by atoms with Gasteiger partial charge in [0.1, 0.15) is 12.2 Å². The van der Waals surface area contributed by atoms with Crippen LogP contribution in [0.15, 0.2) is 0 Å². The minimum Gasteiger partial charge on any atom is -0.394 e. The second-order valence-electron chi connectivity index (χ2n) is 13.6.